The van der Waals surface area contributed by atoms with Gasteiger partial charge in [0.15, 0.2) is 0 Å². The second-order valence-corrected chi connectivity index (χ2v) is 2.99. The van der Waals surface area contributed by atoms with Crippen LogP contribution in [0.4, 0.5) is 0 Å². The van der Waals surface area contributed by atoms with Gasteiger partial charge in [-0.3, -0.25) is 4.68 Å². The highest BCUT2D eigenvalue weighted by Gasteiger charge is 2.18. The molecule has 15 heavy (non-hydrogen) atoms. The lowest BCUT2D eigenvalue weighted by Crippen LogP contribution is -2.03. The molecule has 78 valence electrons. The number of H-pyrrole nitrogens is 1. The number of aromatic nitrogens is 4. The summed E-state index contributed by atoms with van der Waals surface area (Å²) in [6.07, 6.45) is 4.65. The minimum absolute atomic E-state index is 0.410. The molecule has 2 heterocycles. The van der Waals surface area contributed by atoms with Gasteiger partial charge in [-0.1, -0.05) is 0 Å². The molecule has 0 saturated carbocycles. The van der Waals surface area contributed by atoms with E-state index in [4.69, 9.17) is 0 Å². The van der Waals surface area contributed by atoms with E-state index < -0.39 is 5.97 Å². The van der Waals surface area contributed by atoms with E-state index in [1.54, 1.807) is 24.3 Å². The van der Waals surface area contributed by atoms with E-state index in [-0.39, 0.29) is 0 Å². The van der Waals surface area contributed by atoms with E-state index in [0.717, 1.165) is 5.69 Å². The van der Waals surface area contributed by atoms with Crippen LogP contribution in [0.5, 0.6) is 0 Å². The molecule has 0 fully saturated rings. The summed E-state index contributed by atoms with van der Waals surface area (Å²) in [6.45, 7) is 0. The summed E-state index contributed by atoms with van der Waals surface area (Å²) in [5.41, 5.74) is 1.82. The van der Waals surface area contributed by atoms with Crippen molar-refractivity contribution in [1.82, 2.24) is 19.7 Å². The standard InChI is InChI=1S/C9H10N4O2/c1-13-8(7-4-10-5-11-7)6(3-12-13)9(14)15-2/h3-5H,1-2H3,(H,10,11). The lowest BCUT2D eigenvalue weighted by atomic mass is 10.2. The van der Waals surface area contributed by atoms with Crippen LogP contribution in [0.15, 0.2) is 18.7 Å². The van der Waals surface area contributed by atoms with Crippen LogP contribution in [0.3, 0.4) is 0 Å². The number of aromatic amines is 1. The molecule has 0 saturated heterocycles. The average molecular weight is 206 g/mol. The number of rotatable bonds is 2. The highest BCUT2D eigenvalue weighted by Crippen LogP contribution is 2.20. The lowest BCUT2D eigenvalue weighted by Gasteiger charge is -2.01. The summed E-state index contributed by atoms with van der Waals surface area (Å²) in [6, 6.07) is 0. The highest BCUT2D eigenvalue weighted by atomic mass is 16.5. The number of nitrogens with one attached hydrogen (secondary N) is 1. The number of carbonyl (C=O) groups excluding carboxylic acids is 1. The third-order valence-corrected chi connectivity index (χ3v) is 2.10. The first kappa shape index (κ1) is 9.45. The predicted octanol–water partition coefficient (Wildman–Crippen LogP) is 0.597. The van der Waals surface area contributed by atoms with E-state index in [1.807, 2.05) is 0 Å². The third kappa shape index (κ3) is 1.50. The maximum absolute atomic E-state index is 11.4. The van der Waals surface area contributed by atoms with E-state index in [9.17, 15) is 4.79 Å². The molecule has 0 spiro atoms. The smallest absolute Gasteiger partial charge is 0.341 e. The molecule has 0 unspecified atom stereocenters. The Kier molecular flexibility index (Phi) is 2.24. The van der Waals surface area contributed by atoms with Crippen molar-refractivity contribution in [1.29, 1.82) is 0 Å². The Hall–Kier alpha value is -2.11. The fraction of sp³-hybridized carbons (Fsp3) is 0.222. The van der Waals surface area contributed by atoms with Crippen LogP contribution in [-0.4, -0.2) is 32.8 Å². The Bertz CT molecular complexity index is 472. The minimum atomic E-state index is -0.410. The predicted molar refractivity (Wildman–Crippen MR) is 52.1 cm³/mol. The average Bonchev–Trinajstić information content (AvgIpc) is 2.85. The van der Waals surface area contributed by atoms with E-state index in [2.05, 4.69) is 19.8 Å². The van der Waals surface area contributed by atoms with Gasteiger partial charge in [-0.15, -0.1) is 0 Å². The van der Waals surface area contributed by atoms with Crippen molar-refractivity contribution in [3.8, 4) is 11.4 Å². The van der Waals surface area contributed by atoms with E-state index in [0.29, 0.717) is 11.3 Å². The molecule has 2 aromatic heterocycles. The number of aryl methyl sites for hydroxylation is 1. The Morgan fingerprint density at radius 1 is 1.53 bits per heavy atom. The number of carbonyl (C=O) groups is 1. The zero-order valence-corrected chi connectivity index (χ0v) is 8.39. The van der Waals surface area contributed by atoms with E-state index in [1.165, 1.54) is 13.3 Å². The molecule has 0 bridgehead atoms. The van der Waals surface area contributed by atoms with Crippen LogP contribution in [0.1, 0.15) is 10.4 Å². The largest absolute Gasteiger partial charge is 0.465 e. The molecular formula is C9H10N4O2. The topological polar surface area (TPSA) is 72.8 Å². The number of nitrogens with zero attached hydrogens (tertiary/aromatic N) is 3. The maximum atomic E-state index is 11.4. The number of esters is 1. The quantitative estimate of drug-likeness (QED) is 0.730. The van der Waals surface area contributed by atoms with Crippen LogP contribution < -0.4 is 0 Å². The van der Waals surface area contributed by atoms with Crippen molar-refractivity contribution in [2.24, 2.45) is 7.05 Å². The van der Waals surface area contributed by atoms with Crippen molar-refractivity contribution in [2.45, 2.75) is 0 Å². The normalized spacial score (nSPS) is 10.3. The summed E-state index contributed by atoms with van der Waals surface area (Å²) in [7, 11) is 3.09. The molecule has 0 radical (unpaired) electrons. The third-order valence-electron chi connectivity index (χ3n) is 2.10. The SMILES string of the molecule is COC(=O)c1cnn(C)c1-c1cnc[nH]1. The molecule has 0 aliphatic heterocycles. The van der Waals surface area contributed by atoms with Crippen LogP contribution in [0, 0.1) is 0 Å². The zero-order valence-electron chi connectivity index (χ0n) is 8.39. The molecule has 0 aliphatic rings. The van der Waals surface area contributed by atoms with Gasteiger partial charge in [0.25, 0.3) is 0 Å². The molecule has 0 aliphatic carbocycles. The van der Waals surface area contributed by atoms with Gasteiger partial charge in [0.05, 0.1) is 31.5 Å². The number of ether oxygens (including phenoxy) is 1. The molecule has 6 nitrogen and oxygen atoms in total. The van der Waals surface area contributed by atoms with Crippen LogP contribution in [-0.2, 0) is 11.8 Å². The fourth-order valence-corrected chi connectivity index (χ4v) is 1.40. The summed E-state index contributed by atoms with van der Waals surface area (Å²) >= 11 is 0. The zero-order chi connectivity index (χ0) is 10.8. The van der Waals surface area contributed by atoms with Crippen molar-refractivity contribution >= 4 is 5.97 Å². The minimum Gasteiger partial charge on any atom is -0.465 e. The van der Waals surface area contributed by atoms with Crippen LogP contribution in [0.25, 0.3) is 11.4 Å². The summed E-state index contributed by atoms with van der Waals surface area (Å²) in [5.74, 6) is -0.410. The molecule has 6 heteroatoms. The fourth-order valence-electron chi connectivity index (χ4n) is 1.40. The van der Waals surface area contributed by atoms with Gasteiger partial charge in [-0.25, -0.2) is 9.78 Å². The molecule has 0 amide bonds. The first-order valence-electron chi connectivity index (χ1n) is 4.33. The van der Waals surface area contributed by atoms with Gasteiger partial charge < -0.3 is 9.72 Å². The first-order valence-corrected chi connectivity index (χ1v) is 4.33. The molecular weight excluding hydrogens is 196 g/mol. The molecule has 1 N–H and O–H groups in total. The number of hydrogen-bond donors (Lipinski definition) is 1. The van der Waals surface area contributed by atoms with Crippen molar-refractivity contribution in [3.63, 3.8) is 0 Å². The lowest BCUT2D eigenvalue weighted by molar-refractivity contribution is 0.0601. The van der Waals surface area contributed by atoms with Gasteiger partial charge >= 0.3 is 5.97 Å². The monoisotopic (exact) mass is 206 g/mol. The Morgan fingerprint density at radius 3 is 2.93 bits per heavy atom. The van der Waals surface area contributed by atoms with Crippen molar-refractivity contribution in [3.05, 3.63) is 24.3 Å². The van der Waals surface area contributed by atoms with Crippen molar-refractivity contribution in [2.75, 3.05) is 7.11 Å². The summed E-state index contributed by atoms with van der Waals surface area (Å²) in [4.78, 5) is 18.2. The molecule has 0 aromatic carbocycles. The van der Waals surface area contributed by atoms with Crippen LogP contribution in [0.2, 0.25) is 0 Å². The second kappa shape index (κ2) is 3.56. The van der Waals surface area contributed by atoms with Gasteiger partial charge in [-0.05, 0) is 0 Å². The number of methoxy groups -OCH3 is 1. The first-order chi connectivity index (χ1) is 7.24. The van der Waals surface area contributed by atoms with Crippen molar-refractivity contribution < 1.29 is 9.53 Å². The van der Waals surface area contributed by atoms with E-state index >= 15 is 0 Å². The Labute approximate surface area is 85.9 Å². The Balaban J connectivity index is 2.55. The highest BCUT2D eigenvalue weighted by molar-refractivity contribution is 5.95. The van der Waals surface area contributed by atoms with Crippen LogP contribution >= 0.6 is 0 Å². The molecule has 2 rings (SSSR count). The maximum Gasteiger partial charge on any atom is 0.341 e. The van der Waals surface area contributed by atoms with Gasteiger partial charge in [0.2, 0.25) is 0 Å². The Morgan fingerprint density at radius 2 is 2.33 bits per heavy atom. The number of hydrogen-bond acceptors (Lipinski definition) is 4. The second-order valence-electron chi connectivity index (χ2n) is 2.99. The van der Waals surface area contributed by atoms with Gasteiger partial charge in [-0.2, -0.15) is 5.10 Å². The molecule has 0 atom stereocenters. The molecule has 2 aromatic rings. The van der Waals surface area contributed by atoms with Gasteiger partial charge in [0, 0.05) is 7.05 Å². The summed E-state index contributed by atoms with van der Waals surface area (Å²) < 4.78 is 6.26. The van der Waals surface area contributed by atoms with Gasteiger partial charge in [0.1, 0.15) is 11.3 Å². The summed E-state index contributed by atoms with van der Waals surface area (Å²) in [5, 5.41) is 4.01. The number of imidazole rings is 1.